The normalized spacial score (nSPS) is 12.2. The molecule has 1 heterocycles. The molecule has 13 heavy (non-hydrogen) atoms. The molecule has 2 aromatic rings. The Bertz CT molecular complexity index is 483. The first kappa shape index (κ1) is 8.52. The van der Waals surface area contributed by atoms with Crippen molar-refractivity contribution in [2.45, 2.75) is 0 Å². The lowest BCUT2D eigenvalue weighted by atomic mass is 10.3. The summed E-state index contributed by atoms with van der Waals surface area (Å²) >= 11 is 0. The Morgan fingerprint density at radius 3 is 2.85 bits per heavy atom. The first-order chi connectivity index (χ1) is 6.07. The molecule has 0 fully saturated rings. The minimum absolute atomic E-state index is 0.893. The zero-order valence-corrected chi connectivity index (χ0v) is 8.51. The van der Waals surface area contributed by atoms with Crippen molar-refractivity contribution in [1.29, 1.82) is 0 Å². The molecular weight excluding hydrogens is 183 g/mol. The number of nitrogens with one attached hydrogen (secondary N) is 1. The molecular formula is C9H11N2OP. The van der Waals surface area contributed by atoms with Gasteiger partial charge in [-0.2, -0.15) is 5.10 Å². The van der Waals surface area contributed by atoms with Gasteiger partial charge in [-0.25, -0.2) is 0 Å². The Morgan fingerprint density at radius 2 is 2.15 bits per heavy atom. The highest BCUT2D eigenvalue weighted by Gasteiger charge is 2.11. The third kappa shape index (κ3) is 1.52. The summed E-state index contributed by atoms with van der Waals surface area (Å²) in [6.45, 7) is 3.54. The van der Waals surface area contributed by atoms with Gasteiger partial charge in [-0.1, -0.05) is 12.1 Å². The Labute approximate surface area is 76.5 Å². The Hall–Kier alpha value is -1.08. The first-order valence-electron chi connectivity index (χ1n) is 4.06. The van der Waals surface area contributed by atoms with E-state index >= 15 is 0 Å². The molecule has 1 aromatic heterocycles. The van der Waals surface area contributed by atoms with Crippen molar-refractivity contribution in [3.05, 3.63) is 24.4 Å². The number of rotatable bonds is 1. The van der Waals surface area contributed by atoms with Crippen LogP contribution in [-0.2, 0) is 4.57 Å². The van der Waals surface area contributed by atoms with Gasteiger partial charge in [0.15, 0.2) is 0 Å². The maximum atomic E-state index is 11.7. The van der Waals surface area contributed by atoms with E-state index in [2.05, 4.69) is 10.2 Å². The standard InChI is InChI=1S/C9H11N2OP/c1-13(2,12)8-4-3-7-6-10-11-9(7)5-8/h3-6H,1-2H3,(H,10,11). The maximum absolute atomic E-state index is 11.7. The van der Waals surface area contributed by atoms with E-state index in [1.807, 2.05) is 18.2 Å². The summed E-state index contributed by atoms with van der Waals surface area (Å²) in [5.74, 6) is 0. The molecule has 0 aliphatic carbocycles. The maximum Gasteiger partial charge on any atom is 0.109 e. The molecule has 0 spiro atoms. The van der Waals surface area contributed by atoms with Crippen LogP contribution in [0.4, 0.5) is 0 Å². The molecule has 3 nitrogen and oxygen atoms in total. The average Bonchev–Trinajstić information content (AvgIpc) is 2.47. The molecule has 2 rings (SSSR count). The van der Waals surface area contributed by atoms with Crippen LogP contribution < -0.4 is 5.30 Å². The van der Waals surface area contributed by atoms with Crippen LogP contribution in [0, 0.1) is 0 Å². The van der Waals surface area contributed by atoms with Crippen LogP contribution >= 0.6 is 7.14 Å². The molecule has 0 aliphatic heterocycles. The lowest BCUT2D eigenvalue weighted by molar-refractivity contribution is 0.588. The van der Waals surface area contributed by atoms with Crippen LogP contribution in [0.5, 0.6) is 0 Å². The summed E-state index contributed by atoms with van der Waals surface area (Å²) in [5, 5.41) is 8.72. The highest BCUT2D eigenvalue weighted by Crippen LogP contribution is 2.34. The predicted molar refractivity (Wildman–Crippen MR) is 55.2 cm³/mol. The highest BCUT2D eigenvalue weighted by atomic mass is 31.2. The number of hydrogen-bond acceptors (Lipinski definition) is 2. The van der Waals surface area contributed by atoms with E-state index in [-0.39, 0.29) is 0 Å². The van der Waals surface area contributed by atoms with E-state index in [1.54, 1.807) is 19.5 Å². The predicted octanol–water partition coefficient (Wildman–Crippen LogP) is 1.81. The molecule has 1 aromatic carbocycles. The van der Waals surface area contributed by atoms with E-state index in [9.17, 15) is 4.57 Å². The average molecular weight is 194 g/mol. The fraction of sp³-hybridized carbons (Fsp3) is 0.222. The SMILES string of the molecule is CP(C)(=O)c1ccc2cn[nH]c2c1. The van der Waals surface area contributed by atoms with E-state index < -0.39 is 7.14 Å². The number of aromatic nitrogens is 2. The lowest BCUT2D eigenvalue weighted by Gasteiger charge is -2.05. The summed E-state index contributed by atoms with van der Waals surface area (Å²) in [6, 6.07) is 5.75. The van der Waals surface area contributed by atoms with E-state index in [1.165, 1.54) is 0 Å². The number of hydrogen-bond donors (Lipinski definition) is 1. The molecule has 0 saturated heterocycles. The smallest absolute Gasteiger partial charge is 0.109 e. The van der Waals surface area contributed by atoms with Gasteiger partial charge < -0.3 is 4.57 Å². The topological polar surface area (TPSA) is 45.8 Å². The monoisotopic (exact) mass is 194 g/mol. The summed E-state index contributed by atoms with van der Waals surface area (Å²) in [7, 11) is -2.15. The molecule has 4 heteroatoms. The second kappa shape index (κ2) is 2.71. The molecule has 0 aliphatic rings. The van der Waals surface area contributed by atoms with Crippen LogP contribution in [0.15, 0.2) is 24.4 Å². The number of aromatic amines is 1. The van der Waals surface area contributed by atoms with Gasteiger partial charge in [0, 0.05) is 10.7 Å². The first-order valence-corrected chi connectivity index (χ1v) is 6.66. The van der Waals surface area contributed by atoms with E-state index in [4.69, 9.17) is 0 Å². The van der Waals surface area contributed by atoms with Crippen molar-refractivity contribution in [3.8, 4) is 0 Å². The minimum Gasteiger partial charge on any atom is -0.319 e. The molecule has 0 radical (unpaired) electrons. The molecule has 68 valence electrons. The fourth-order valence-corrected chi connectivity index (χ4v) is 2.13. The van der Waals surface area contributed by atoms with Gasteiger partial charge >= 0.3 is 0 Å². The van der Waals surface area contributed by atoms with E-state index in [0.29, 0.717) is 0 Å². The zero-order chi connectivity index (χ0) is 9.47. The van der Waals surface area contributed by atoms with Gasteiger partial charge in [-0.3, -0.25) is 5.10 Å². The molecule has 0 bridgehead atoms. The lowest BCUT2D eigenvalue weighted by Crippen LogP contribution is -2.01. The number of fused-ring (bicyclic) bond motifs is 1. The van der Waals surface area contributed by atoms with Crippen molar-refractivity contribution in [2.24, 2.45) is 0 Å². The van der Waals surface area contributed by atoms with Crippen LogP contribution in [0.3, 0.4) is 0 Å². The Morgan fingerprint density at radius 1 is 1.38 bits per heavy atom. The van der Waals surface area contributed by atoms with Crippen molar-refractivity contribution in [3.63, 3.8) is 0 Å². The van der Waals surface area contributed by atoms with Crippen molar-refractivity contribution in [2.75, 3.05) is 13.3 Å². The number of benzene rings is 1. The molecule has 1 N–H and O–H groups in total. The van der Waals surface area contributed by atoms with E-state index in [0.717, 1.165) is 16.2 Å². The third-order valence-corrected chi connectivity index (χ3v) is 3.57. The van der Waals surface area contributed by atoms with Crippen LogP contribution in [0.1, 0.15) is 0 Å². The largest absolute Gasteiger partial charge is 0.319 e. The van der Waals surface area contributed by atoms with Gasteiger partial charge in [0.1, 0.15) is 7.14 Å². The quantitative estimate of drug-likeness (QED) is 0.703. The summed E-state index contributed by atoms with van der Waals surface area (Å²) in [4.78, 5) is 0. The minimum atomic E-state index is -2.15. The fourth-order valence-electron chi connectivity index (χ4n) is 1.26. The van der Waals surface area contributed by atoms with Crippen molar-refractivity contribution in [1.82, 2.24) is 10.2 Å². The second-order valence-electron chi connectivity index (χ2n) is 3.49. The second-order valence-corrected chi connectivity index (χ2v) is 6.71. The molecule has 0 saturated carbocycles. The summed E-state index contributed by atoms with van der Waals surface area (Å²) in [5.41, 5.74) is 0.946. The summed E-state index contributed by atoms with van der Waals surface area (Å²) < 4.78 is 11.7. The third-order valence-electron chi connectivity index (χ3n) is 2.05. The molecule has 0 atom stereocenters. The van der Waals surface area contributed by atoms with Gasteiger partial charge in [-0.05, 0) is 19.4 Å². The van der Waals surface area contributed by atoms with Crippen LogP contribution in [-0.4, -0.2) is 23.5 Å². The van der Waals surface area contributed by atoms with Gasteiger partial charge in [0.05, 0.1) is 11.7 Å². The van der Waals surface area contributed by atoms with Crippen molar-refractivity contribution < 1.29 is 4.57 Å². The number of H-pyrrole nitrogens is 1. The van der Waals surface area contributed by atoms with Gasteiger partial charge in [0.25, 0.3) is 0 Å². The Kier molecular flexibility index (Phi) is 1.77. The van der Waals surface area contributed by atoms with Crippen molar-refractivity contribution >= 4 is 23.3 Å². The molecule has 0 amide bonds. The summed E-state index contributed by atoms with van der Waals surface area (Å²) in [6.07, 6.45) is 1.76. The Balaban J connectivity index is 2.67. The van der Waals surface area contributed by atoms with Gasteiger partial charge in [-0.15, -0.1) is 0 Å². The van der Waals surface area contributed by atoms with Gasteiger partial charge in [0.2, 0.25) is 0 Å². The zero-order valence-electron chi connectivity index (χ0n) is 7.61. The van der Waals surface area contributed by atoms with Crippen LogP contribution in [0.25, 0.3) is 10.9 Å². The molecule has 0 unspecified atom stereocenters. The van der Waals surface area contributed by atoms with Crippen LogP contribution in [0.2, 0.25) is 0 Å². The highest BCUT2D eigenvalue weighted by molar-refractivity contribution is 7.70. The number of nitrogens with zero attached hydrogens (tertiary/aromatic N) is 1.